The van der Waals surface area contributed by atoms with Gasteiger partial charge in [0, 0.05) is 16.8 Å². The maximum Gasteiger partial charge on any atom is 0.279 e. The molecule has 132 valence electrons. The summed E-state index contributed by atoms with van der Waals surface area (Å²) in [5, 5.41) is 6.34. The molecule has 0 aliphatic carbocycles. The highest BCUT2D eigenvalue weighted by Gasteiger charge is 2.59. The fourth-order valence-electron chi connectivity index (χ4n) is 4.93. The van der Waals surface area contributed by atoms with Crippen LogP contribution in [-0.4, -0.2) is 17.4 Å². The maximum atomic E-state index is 13.7. The second-order valence-electron chi connectivity index (χ2n) is 8.18. The summed E-state index contributed by atoms with van der Waals surface area (Å²) in [6, 6.07) is 13.3. The Kier molecular flexibility index (Phi) is 2.77. The molecule has 5 nitrogen and oxygen atoms in total. The molecule has 3 aliphatic rings. The quantitative estimate of drug-likeness (QED) is 0.768. The lowest BCUT2D eigenvalue weighted by molar-refractivity contribution is -0.124. The summed E-state index contributed by atoms with van der Waals surface area (Å²) < 4.78 is 0. The summed E-state index contributed by atoms with van der Waals surface area (Å²) in [5.74, 6) is 0.0152. The summed E-state index contributed by atoms with van der Waals surface area (Å²) in [6.45, 7) is 6.39. The highest BCUT2D eigenvalue weighted by Crippen LogP contribution is 2.53. The lowest BCUT2D eigenvalue weighted by Gasteiger charge is -2.44. The third kappa shape index (κ3) is 1.70. The van der Waals surface area contributed by atoms with Crippen LogP contribution in [0.2, 0.25) is 0 Å². The number of nitrogens with one attached hydrogen (secondary N) is 2. The smallest absolute Gasteiger partial charge is 0.279 e. The number of fused-ring (bicyclic) bond motifs is 2. The lowest BCUT2D eigenvalue weighted by Crippen LogP contribution is -2.63. The Hall–Kier alpha value is -2.82. The van der Waals surface area contributed by atoms with E-state index in [1.165, 1.54) is 5.56 Å². The van der Waals surface area contributed by atoms with Crippen LogP contribution in [0.3, 0.4) is 0 Å². The van der Waals surface area contributed by atoms with Gasteiger partial charge in [0.05, 0.1) is 11.3 Å². The Bertz CT molecular complexity index is 981. The van der Waals surface area contributed by atoms with Gasteiger partial charge in [0.1, 0.15) is 0 Å². The van der Waals surface area contributed by atoms with E-state index in [4.69, 9.17) is 0 Å². The minimum absolute atomic E-state index is 0.111. The minimum Gasteiger partial charge on any atom is -0.350 e. The average Bonchev–Trinajstić information content (AvgIpc) is 2.83. The van der Waals surface area contributed by atoms with Crippen LogP contribution in [-0.2, 0) is 10.5 Å². The normalized spacial score (nSPS) is 27.7. The van der Waals surface area contributed by atoms with Crippen LogP contribution < -0.4 is 15.5 Å². The monoisotopic (exact) mass is 347 g/mol. The maximum absolute atomic E-state index is 13.7. The van der Waals surface area contributed by atoms with Gasteiger partial charge in [-0.05, 0) is 43.9 Å². The summed E-state index contributed by atoms with van der Waals surface area (Å²) in [6.07, 6.45) is 0.885. The Morgan fingerprint density at radius 3 is 2.62 bits per heavy atom. The van der Waals surface area contributed by atoms with Crippen LogP contribution in [0.25, 0.3) is 0 Å². The van der Waals surface area contributed by atoms with Gasteiger partial charge in [-0.15, -0.1) is 0 Å². The van der Waals surface area contributed by atoms with Gasteiger partial charge in [0.25, 0.3) is 11.8 Å². The Balaban J connectivity index is 1.78. The van der Waals surface area contributed by atoms with Crippen molar-refractivity contribution in [2.75, 3.05) is 10.2 Å². The van der Waals surface area contributed by atoms with E-state index in [0.29, 0.717) is 17.2 Å². The number of carbonyl (C=O) groups excluding carboxylic acids is 2. The van der Waals surface area contributed by atoms with Crippen LogP contribution in [0.5, 0.6) is 0 Å². The molecule has 2 N–H and O–H groups in total. The van der Waals surface area contributed by atoms with Gasteiger partial charge in [-0.3, -0.25) is 9.59 Å². The Morgan fingerprint density at radius 2 is 1.81 bits per heavy atom. The van der Waals surface area contributed by atoms with Crippen molar-refractivity contribution in [2.45, 2.75) is 44.3 Å². The molecule has 3 heterocycles. The van der Waals surface area contributed by atoms with Gasteiger partial charge in [-0.1, -0.05) is 37.3 Å². The van der Waals surface area contributed by atoms with Crippen molar-refractivity contribution in [1.29, 1.82) is 0 Å². The van der Waals surface area contributed by atoms with Crippen LogP contribution >= 0.6 is 0 Å². The third-order valence-electron chi connectivity index (χ3n) is 5.96. The molecular formula is C21H21N3O2. The predicted octanol–water partition coefficient (Wildman–Crippen LogP) is 3.33. The van der Waals surface area contributed by atoms with Crippen molar-refractivity contribution < 1.29 is 9.59 Å². The second-order valence-corrected chi connectivity index (χ2v) is 8.18. The summed E-state index contributed by atoms with van der Waals surface area (Å²) in [5.41, 5.74) is 2.65. The van der Waals surface area contributed by atoms with Gasteiger partial charge in [0.2, 0.25) is 5.66 Å². The van der Waals surface area contributed by atoms with Gasteiger partial charge >= 0.3 is 0 Å². The highest BCUT2D eigenvalue weighted by molar-refractivity contribution is 6.16. The molecule has 5 heteroatoms. The van der Waals surface area contributed by atoms with Crippen molar-refractivity contribution in [3.63, 3.8) is 0 Å². The number of amides is 2. The Labute approximate surface area is 152 Å². The molecule has 0 unspecified atom stereocenters. The number of hydrogen-bond donors (Lipinski definition) is 2. The first-order chi connectivity index (χ1) is 12.3. The first-order valence-electron chi connectivity index (χ1n) is 9.03. The zero-order chi connectivity index (χ0) is 18.3. The van der Waals surface area contributed by atoms with Crippen molar-refractivity contribution in [3.05, 3.63) is 59.2 Å². The molecular weight excluding hydrogens is 326 g/mol. The van der Waals surface area contributed by atoms with Gasteiger partial charge in [-0.25, -0.2) is 0 Å². The molecule has 2 amide bonds. The number of hydrogen-bond acceptors (Lipinski definition) is 3. The van der Waals surface area contributed by atoms with Crippen molar-refractivity contribution >= 4 is 23.2 Å². The average molecular weight is 347 g/mol. The second kappa shape index (κ2) is 4.67. The fourth-order valence-corrected chi connectivity index (χ4v) is 4.93. The minimum atomic E-state index is -1.24. The van der Waals surface area contributed by atoms with E-state index in [-0.39, 0.29) is 17.4 Å². The molecule has 0 radical (unpaired) electrons. The molecule has 0 fully saturated rings. The van der Waals surface area contributed by atoms with E-state index < -0.39 is 5.66 Å². The van der Waals surface area contributed by atoms with Crippen LogP contribution in [0, 0.1) is 0 Å². The van der Waals surface area contributed by atoms with Crippen LogP contribution in [0.1, 0.15) is 54.6 Å². The van der Waals surface area contributed by atoms with E-state index >= 15 is 0 Å². The molecule has 1 spiro atoms. The van der Waals surface area contributed by atoms with Gasteiger partial charge in [0.15, 0.2) is 0 Å². The van der Waals surface area contributed by atoms with E-state index in [1.807, 2.05) is 35.2 Å². The number of carbonyl (C=O) groups is 2. The van der Waals surface area contributed by atoms with Crippen molar-refractivity contribution in [3.8, 4) is 0 Å². The molecule has 0 saturated heterocycles. The van der Waals surface area contributed by atoms with E-state index in [2.05, 4.69) is 37.5 Å². The molecule has 5 rings (SSSR count). The molecule has 0 aromatic heterocycles. The fraction of sp³-hybridized carbons (Fsp3) is 0.333. The summed E-state index contributed by atoms with van der Waals surface area (Å²) in [7, 11) is 0. The standard InChI is InChI=1S/C21H21N3O2/c1-12-11-20(2,3)24-17-13(12)8-6-9-15(17)21(19(24)26)22-16-10-5-4-7-14(16)18(25)23-21/h4-10,12,22H,11H2,1-3H3,(H,23,25)/t12-,21+/m1/s1. The van der Waals surface area contributed by atoms with Crippen LogP contribution in [0.15, 0.2) is 42.5 Å². The zero-order valence-corrected chi connectivity index (χ0v) is 15.1. The molecule has 26 heavy (non-hydrogen) atoms. The van der Waals surface area contributed by atoms with Gasteiger partial charge < -0.3 is 15.5 Å². The van der Waals surface area contributed by atoms with E-state index in [0.717, 1.165) is 17.7 Å². The largest absolute Gasteiger partial charge is 0.350 e. The van der Waals surface area contributed by atoms with E-state index in [1.54, 1.807) is 6.07 Å². The topological polar surface area (TPSA) is 61.4 Å². The third-order valence-corrected chi connectivity index (χ3v) is 5.96. The van der Waals surface area contributed by atoms with E-state index in [9.17, 15) is 9.59 Å². The molecule has 2 aromatic rings. The Morgan fingerprint density at radius 1 is 1.04 bits per heavy atom. The number of nitrogens with zero attached hydrogens (tertiary/aromatic N) is 1. The molecule has 3 aliphatic heterocycles. The zero-order valence-electron chi connectivity index (χ0n) is 15.1. The molecule has 2 aromatic carbocycles. The molecule has 0 saturated carbocycles. The van der Waals surface area contributed by atoms with Crippen molar-refractivity contribution in [2.24, 2.45) is 0 Å². The van der Waals surface area contributed by atoms with Crippen molar-refractivity contribution in [1.82, 2.24) is 5.32 Å². The first kappa shape index (κ1) is 15.4. The number of para-hydroxylation sites is 2. The summed E-state index contributed by atoms with van der Waals surface area (Å²) in [4.78, 5) is 28.4. The number of benzene rings is 2. The number of anilines is 2. The lowest BCUT2D eigenvalue weighted by atomic mass is 9.80. The molecule has 0 bridgehead atoms. The SMILES string of the molecule is C[C@@H]1CC(C)(C)N2C(=O)[C@@]3(NC(=O)c4ccccc4N3)c3cccc1c32. The molecule has 2 atom stereocenters. The first-order valence-corrected chi connectivity index (χ1v) is 9.03. The number of rotatable bonds is 0. The van der Waals surface area contributed by atoms with Crippen LogP contribution in [0.4, 0.5) is 11.4 Å². The predicted molar refractivity (Wildman–Crippen MR) is 100 cm³/mol. The van der Waals surface area contributed by atoms with Gasteiger partial charge in [-0.2, -0.15) is 0 Å². The highest BCUT2D eigenvalue weighted by atomic mass is 16.2. The summed E-state index contributed by atoms with van der Waals surface area (Å²) >= 11 is 0.